The van der Waals surface area contributed by atoms with Gasteiger partial charge in [0.15, 0.2) is 0 Å². The van der Waals surface area contributed by atoms with Gasteiger partial charge < -0.3 is 4.90 Å². The summed E-state index contributed by atoms with van der Waals surface area (Å²) in [5, 5.41) is 3.43. The van der Waals surface area contributed by atoms with E-state index < -0.39 is 5.54 Å². The van der Waals surface area contributed by atoms with Crippen LogP contribution in [0, 0.1) is 5.82 Å². The second kappa shape index (κ2) is 4.30. The number of nitrogens with zero attached hydrogens (tertiary/aromatic N) is 1. The Kier molecular flexibility index (Phi) is 2.86. The summed E-state index contributed by atoms with van der Waals surface area (Å²) < 4.78 is 13.0. The summed E-state index contributed by atoms with van der Waals surface area (Å²) >= 11 is 0. The maximum absolute atomic E-state index is 13.0. The van der Waals surface area contributed by atoms with Crippen LogP contribution in [0.5, 0.6) is 0 Å². The molecule has 0 aromatic heterocycles. The highest BCUT2D eigenvalue weighted by molar-refractivity contribution is 5.89. The van der Waals surface area contributed by atoms with Crippen molar-refractivity contribution in [3.8, 4) is 0 Å². The zero-order chi connectivity index (χ0) is 13.6. The van der Waals surface area contributed by atoms with Crippen LogP contribution in [0.1, 0.15) is 44.8 Å². The topological polar surface area (TPSA) is 32.3 Å². The third-order valence-electron chi connectivity index (χ3n) is 4.27. The van der Waals surface area contributed by atoms with Gasteiger partial charge in [-0.15, -0.1) is 0 Å². The van der Waals surface area contributed by atoms with Gasteiger partial charge in [-0.1, -0.05) is 19.1 Å². The summed E-state index contributed by atoms with van der Waals surface area (Å²) in [4.78, 5) is 14.5. The van der Waals surface area contributed by atoms with Gasteiger partial charge in [0.05, 0.1) is 5.54 Å². The molecule has 1 aliphatic heterocycles. The zero-order valence-electron chi connectivity index (χ0n) is 11.3. The minimum atomic E-state index is -0.498. The van der Waals surface area contributed by atoms with Crippen molar-refractivity contribution in [3.63, 3.8) is 0 Å². The first-order valence-corrected chi connectivity index (χ1v) is 6.91. The van der Waals surface area contributed by atoms with Crippen LogP contribution in [0.25, 0.3) is 0 Å². The fourth-order valence-corrected chi connectivity index (χ4v) is 2.71. The lowest BCUT2D eigenvalue weighted by Crippen LogP contribution is -2.43. The largest absolute Gasteiger partial charge is 0.318 e. The van der Waals surface area contributed by atoms with Crippen LogP contribution in [-0.4, -0.2) is 22.4 Å². The molecular weight excluding hydrogens is 243 g/mol. The van der Waals surface area contributed by atoms with Gasteiger partial charge in [0, 0.05) is 6.04 Å². The first-order chi connectivity index (χ1) is 9.05. The highest BCUT2D eigenvalue weighted by Crippen LogP contribution is 2.40. The van der Waals surface area contributed by atoms with Gasteiger partial charge in [-0.2, -0.15) is 0 Å². The van der Waals surface area contributed by atoms with E-state index in [0.29, 0.717) is 6.04 Å². The van der Waals surface area contributed by atoms with Crippen LogP contribution in [0.2, 0.25) is 0 Å². The lowest BCUT2D eigenvalue weighted by molar-refractivity contribution is -0.133. The Morgan fingerprint density at radius 1 is 1.37 bits per heavy atom. The molecule has 2 atom stereocenters. The maximum atomic E-state index is 13.0. The lowest BCUT2D eigenvalue weighted by atomic mass is 9.99. The van der Waals surface area contributed by atoms with Crippen LogP contribution in [-0.2, 0) is 4.79 Å². The number of halogens is 1. The monoisotopic (exact) mass is 262 g/mol. The van der Waals surface area contributed by atoms with E-state index in [-0.39, 0.29) is 17.9 Å². The molecule has 4 heteroatoms. The average Bonchev–Trinajstić information content (AvgIpc) is 3.19. The summed E-state index contributed by atoms with van der Waals surface area (Å²) in [5.74, 6) is -0.0730. The van der Waals surface area contributed by atoms with Gasteiger partial charge in [-0.25, -0.2) is 4.39 Å². The van der Waals surface area contributed by atoms with Crippen molar-refractivity contribution in [2.45, 2.75) is 50.9 Å². The first-order valence-electron chi connectivity index (χ1n) is 6.91. The predicted octanol–water partition coefficient (Wildman–Crippen LogP) is 2.59. The number of hydrogen-bond acceptors (Lipinski definition) is 2. The van der Waals surface area contributed by atoms with Crippen molar-refractivity contribution in [2.75, 3.05) is 0 Å². The minimum absolute atomic E-state index is 0.120. The molecule has 1 saturated carbocycles. The van der Waals surface area contributed by atoms with Crippen molar-refractivity contribution < 1.29 is 9.18 Å². The Morgan fingerprint density at radius 3 is 2.53 bits per heavy atom. The van der Waals surface area contributed by atoms with E-state index in [1.54, 1.807) is 12.1 Å². The predicted molar refractivity (Wildman–Crippen MR) is 70.8 cm³/mol. The summed E-state index contributed by atoms with van der Waals surface area (Å²) in [6, 6.07) is 6.78. The second-order valence-corrected chi connectivity index (χ2v) is 5.73. The van der Waals surface area contributed by atoms with E-state index in [4.69, 9.17) is 0 Å². The summed E-state index contributed by atoms with van der Waals surface area (Å²) in [7, 11) is 0. The van der Waals surface area contributed by atoms with Gasteiger partial charge in [0.2, 0.25) is 5.91 Å². The van der Waals surface area contributed by atoms with E-state index >= 15 is 0 Å². The zero-order valence-corrected chi connectivity index (χ0v) is 11.3. The molecular formula is C15H19FN2O. The molecule has 0 bridgehead atoms. The molecule has 3 nitrogen and oxygen atoms in total. The SMILES string of the molecule is CCC1(C)NC(c2ccc(F)cc2)N(C2CC2)C1=O. The van der Waals surface area contributed by atoms with E-state index in [2.05, 4.69) is 5.32 Å². The Hall–Kier alpha value is -1.42. The molecule has 102 valence electrons. The minimum Gasteiger partial charge on any atom is -0.318 e. The van der Waals surface area contributed by atoms with Crippen LogP contribution in [0.3, 0.4) is 0 Å². The third kappa shape index (κ3) is 2.04. The van der Waals surface area contributed by atoms with Crippen LogP contribution < -0.4 is 5.32 Å². The van der Waals surface area contributed by atoms with Crippen LogP contribution in [0.4, 0.5) is 4.39 Å². The van der Waals surface area contributed by atoms with Gasteiger partial charge in [0.1, 0.15) is 12.0 Å². The highest BCUT2D eigenvalue weighted by atomic mass is 19.1. The quantitative estimate of drug-likeness (QED) is 0.908. The van der Waals surface area contributed by atoms with Crippen molar-refractivity contribution in [1.29, 1.82) is 0 Å². The first kappa shape index (κ1) is 12.6. The second-order valence-electron chi connectivity index (χ2n) is 5.73. The van der Waals surface area contributed by atoms with Crippen molar-refractivity contribution in [3.05, 3.63) is 35.6 Å². The Morgan fingerprint density at radius 2 is 2.00 bits per heavy atom. The van der Waals surface area contributed by atoms with Crippen LogP contribution >= 0.6 is 0 Å². The average molecular weight is 262 g/mol. The molecule has 1 aliphatic carbocycles. The molecule has 0 spiro atoms. The smallest absolute Gasteiger partial charge is 0.244 e. The maximum Gasteiger partial charge on any atom is 0.244 e. The molecule has 1 amide bonds. The Balaban J connectivity index is 1.95. The van der Waals surface area contributed by atoms with E-state index in [0.717, 1.165) is 24.8 Å². The molecule has 1 heterocycles. The molecule has 2 fully saturated rings. The number of nitrogens with one attached hydrogen (secondary N) is 1. The number of amides is 1. The molecule has 2 unspecified atom stereocenters. The number of benzene rings is 1. The highest BCUT2D eigenvalue weighted by Gasteiger charge is 2.51. The Labute approximate surface area is 112 Å². The standard InChI is InChI=1S/C15H19FN2O/c1-3-15(2)14(19)18(12-8-9-12)13(17-15)10-4-6-11(16)7-5-10/h4-7,12-13,17H,3,8-9H2,1-2H3. The number of hydrogen-bond donors (Lipinski definition) is 1. The van der Waals surface area contributed by atoms with Gasteiger partial charge in [-0.3, -0.25) is 10.1 Å². The van der Waals surface area contributed by atoms with Crippen molar-refractivity contribution in [1.82, 2.24) is 10.2 Å². The molecule has 0 radical (unpaired) electrons. The molecule has 1 aromatic carbocycles. The van der Waals surface area contributed by atoms with Crippen molar-refractivity contribution in [2.24, 2.45) is 0 Å². The van der Waals surface area contributed by atoms with Crippen molar-refractivity contribution >= 4 is 5.91 Å². The normalized spacial score (nSPS) is 31.0. The molecule has 19 heavy (non-hydrogen) atoms. The molecule has 1 N–H and O–H groups in total. The summed E-state index contributed by atoms with van der Waals surface area (Å²) in [5.41, 5.74) is 0.459. The van der Waals surface area contributed by atoms with E-state index in [9.17, 15) is 9.18 Å². The van der Waals surface area contributed by atoms with Gasteiger partial charge in [-0.05, 0) is 43.9 Å². The molecule has 1 aromatic rings. The van der Waals surface area contributed by atoms with E-state index in [1.807, 2.05) is 18.7 Å². The third-order valence-corrected chi connectivity index (χ3v) is 4.27. The fourth-order valence-electron chi connectivity index (χ4n) is 2.71. The molecule has 3 rings (SSSR count). The number of carbonyl (C=O) groups is 1. The fraction of sp³-hybridized carbons (Fsp3) is 0.533. The summed E-state index contributed by atoms with van der Waals surface area (Å²) in [6.45, 7) is 3.97. The molecule has 1 saturated heterocycles. The lowest BCUT2D eigenvalue weighted by Gasteiger charge is -2.24. The van der Waals surface area contributed by atoms with Crippen LogP contribution in [0.15, 0.2) is 24.3 Å². The summed E-state index contributed by atoms with van der Waals surface area (Å²) in [6.07, 6.45) is 2.79. The van der Waals surface area contributed by atoms with E-state index in [1.165, 1.54) is 12.1 Å². The number of carbonyl (C=O) groups excluding carboxylic acids is 1. The molecule has 2 aliphatic rings. The number of rotatable bonds is 3. The Bertz CT molecular complexity index is 497. The van der Waals surface area contributed by atoms with Gasteiger partial charge >= 0.3 is 0 Å². The van der Waals surface area contributed by atoms with Gasteiger partial charge in [0.25, 0.3) is 0 Å².